The van der Waals surface area contributed by atoms with Crippen LogP contribution < -0.4 is 33.2 Å². The molecule has 15 heteroatoms. The van der Waals surface area contributed by atoms with E-state index in [0.717, 1.165) is 5.41 Å². The van der Waals surface area contributed by atoms with Gasteiger partial charge in [-0.1, -0.05) is 24.3 Å². The Kier molecular flexibility index (Phi) is 15.7. The van der Waals surface area contributed by atoms with E-state index in [1.807, 2.05) is 0 Å². The predicted molar refractivity (Wildman–Crippen MR) is 169 cm³/mol. The van der Waals surface area contributed by atoms with E-state index in [-0.39, 0.29) is 30.1 Å². The molecule has 0 aliphatic carbocycles. The van der Waals surface area contributed by atoms with E-state index in [1.54, 1.807) is 18.2 Å². The van der Waals surface area contributed by atoms with Crippen LogP contribution in [-0.2, 0) is 33.8 Å². The maximum absolute atomic E-state index is 13.5. The van der Waals surface area contributed by atoms with Crippen molar-refractivity contribution in [2.75, 3.05) is 19.6 Å². The largest absolute Gasteiger partial charge is 0.370 e. The molecule has 1 aromatic carbocycles. The van der Waals surface area contributed by atoms with Gasteiger partial charge in [0, 0.05) is 18.9 Å². The molecule has 0 aromatic heterocycles. The van der Waals surface area contributed by atoms with Gasteiger partial charge in [0.05, 0.1) is 17.4 Å². The van der Waals surface area contributed by atoms with Crippen LogP contribution in [0.2, 0.25) is 0 Å². The van der Waals surface area contributed by atoms with Gasteiger partial charge in [-0.25, -0.2) is 8.42 Å². The van der Waals surface area contributed by atoms with E-state index >= 15 is 0 Å². The third-order valence-corrected chi connectivity index (χ3v) is 8.87. The lowest BCUT2D eigenvalue weighted by molar-refractivity contribution is -0.138. The molecule has 1 aliphatic rings. The number of benzene rings is 1. The van der Waals surface area contributed by atoms with Gasteiger partial charge in [-0.3, -0.25) is 24.0 Å². The third kappa shape index (κ3) is 12.6. The molecule has 45 heavy (non-hydrogen) atoms. The summed E-state index contributed by atoms with van der Waals surface area (Å²) in [7, 11) is -3.88. The van der Waals surface area contributed by atoms with Crippen LogP contribution in [0.1, 0.15) is 64.7 Å². The zero-order valence-electron chi connectivity index (χ0n) is 25.8. The molecule has 1 fully saturated rings. The van der Waals surface area contributed by atoms with Crippen LogP contribution in [-0.4, -0.2) is 86.7 Å². The number of nitrogens with zero attached hydrogens (tertiary/aromatic N) is 1. The minimum atomic E-state index is -3.88. The van der Waals surface area contributed by atoms with Gasteiger partial charge in [-0.15, -0.1) is 0 Å². The number of amides is 5. The lowest BCUT2D eigenvalue weighted by Gasteiger charge is -2.27. The highest BCUT2D eigenvalue weighted by Crippen LogP contribution is 2.18. The monoisotopic (exact) mass is 649 g/mol. The molecule has 0 spiro atoms. The second kappa shape index (κ2) is 18.9. The van der Waals surface area contributed by atoms with E-state index in [9.17, 15) is 32.4 Å². The van der Waals surface area contributed by atoms with Crippen molar-refractivity contribution in [3.8, 4) is 0 Å². The van der Waals surface area contributed by atoms with Crippen LogP contribution in [0.5, 0.6) is 0 Å². The maximum Gasteiger partial charge on any atom is 0.243 e. The molecule has 9 N–H and O–H groups in total. The lowest BCUT2D eigenvalue weighted by atomic mass is 10.0. The fourth-order valence-electron chi connectivity index (χ4n) is 5.03. The molecular weight excluding hydrogens is 602 g/mol. The number of rotatable bonds is 19. The zero-order valence-corrected chi connectivity index (χ0v) is 26.6. The molecule has 5 amide bonds. The van der Waals surface area contributed by atoms with Gasteiger partial charge in [-0.05, 0) is 76.6 Å². The first-order valence-corrected chi connectivity index (χ1v) is 16.8. The zero-order chi connectivity index (χ0) is 33.4. The van der Waals surface area contributed by atoms with Crippen LogP contribution >= 0.6 is 0 Å². The molecule has 1 aliphatic heterocycles. The number of likely N-dealkylation sites (tertiary alicyclic amines) is 1. The number of nitrogens with one attached hydrogen (secondary N) is 3. The molecule has 0 radical (unpaired) electrons. The Hall–Kier alpha value is -3.82. The molecule has 0 bridgehead atoms. The average Bonchev–Trinajstić information content (AvgIpc) is 3.50. The molecule has 2 rings (SSSR count). The van der Waals surface area contributed by atoms with Crippen LogP contribution in [0.15, 0.2) is 46.7 Å². The fourth-order valence-corrected chi connectivity index (χ4v) is 6.12. The molecular formula is C30H47N7O7S. The summed E-state index contributed by atoms with van der Waals surface area (Å²) in [4.78, 5) is 65.4. The van der Waals surface area contributed by atoms with Gasteiger partial charge in [0.2, 0.25) is 29.5 Å². The Labute approximate surface area is 264 Å². The molecule has 1 heterocycles. The maximum atomic E-state index is 13.5. The Bertz CT molecular complexity index is 1290. The van der Waals surface area contributed by atoms with Crippen LogP contribution in [0.4, 0.5) is 0 Å². The normalized spacial score (nSPS) is 17.0. The number of primary amides is 1. The van der Waals surface area contributed by atoms with Crippen LogP contribution in [0.3, 0.4) is 0 Å². The number of carbonyl (C=O) groups is 5. The standard InChI is InChI=1S/C30H47N7O7S/c1-21(38)37-18-9-14-26(37)30(42)36-25(13-6-8-17-32)29(41)35-24(12-5-7-16-31)28(40)34-22(20-27(33)39)15-19-45(43,44)23-10-3-2-4-11-23/h2-4,10-11,15,19,22,24-26H,5-9,12-14,16-18,20,31-32H2,1H3,(H2,33,39)(H,34,40)(H,35,41)(H,36,42)/b19-15+/t22-,24+,25+,26+/m1/s1. The second-order valence-corrected chi connectivity index (χ2v) is 12.9. The van der Waals surface area contributed by atoms with E-state index in [2.05, 4.69) is 16.0 Å². The first-order chi connectivity index (χ1) is 21.4. The van der Waals surface area contributed by atoms with Crippen molar-refractivity contribution in [2.45, 2.75) is 93.8 Å². The number of carbonyl (C=O) groups excluding carboxylic acids is 5. The lowest BCUT2D eigenvalue weighted by Crippen LogP contribution is -2.57. The van der Waals surface area contributed by atoms with E-state index < -0.39 is 57.6 Å². The average molecular weight is 650 g/mol. The molecule has 250 valence electrons. The van der Waals surface area contributed by atoms with Crippen molar-refractivity contribution in [1.82, 2.24) is 20.9 Å². The summed E-state index contributed by atoms with van der Waals surface area (Å²) in [6.45, 7) is 2.59. The Morgan fingerprint density at radius 3 is 2.04 bits per heavy atom. The number of unbranched alkanes of at least 4 members (excludes halogenated alkanes) is 2. The second-order valence-electron chi connectivity index (χ2n) is 11.0. The van der Waals surface area contributed by atoms with Gasteiger partial charge in [-0.2, -0.15) is 0 Å². The first-order valence-electron chi connectivity index (χ1n) is 15.2. The van der Waals surface area contributed by atoms with E-state index in [1.165, 1.54) is 30.0 Å². The van der Waals surface area contributed by atoms with Crippen molar-refractivity contribution in [3.63, 3.8) is 0 Å². The van der Waals surface area contributed by atoms with Gasteiger partial charge < -0.3 is 38.1 Å². The molecule has 0 unspecified atom stereocenters. The van der Waals surface area contributed by atoms with Gasteiger partial charge in [0.1, 0.15) is 18.1 Å². The minimum Gasteiger partial charge on any atom is -0.370 e. The number of nitrogens with two attached hydrogens (primary N) is 3. The number of sulfone groups is 1. The van der Waals surface area contributed by atoms with Crippen LogP contribution in [0, 0.1) is 0 Å². The summed E-state index contributed by atoms with van der Waals surface area (Å²) in [6, 6.07) is 3.77. The topological polar surface area (TPSA) is 237 Å². The van der Waals surface area contributed by atoms with Crippen molar-refractivity contribution in [2.24, 2.45) is 17.2 Å². The van der Waals surface area contributed by atoms with Crippen molar-refractivity contribution in [3.05, 3.63) is 41.8 Å². The highest BCUT2D eigenvalue weighted by Gasteiger charge is 2.35. The summed E-state index contributed by atoms with van der Waals surface area (Å²) >= 11 is 0. The third-order valence-electron chi connectivity index (χ3n) is 7.43. The SMILES string of the molecule is CC(=O)N1CCC[C@H]1C(=O)N[C@@H](CCCCN)C(=O)N[C@@H](CCCCN)C(=O)N[C@H](/C=C/S(=O)(=O)c1ccccc1)CC(N)=O. The summed E-state index contributed by atoms with van der Waals surface area (Å²) in [5, 5.41) is 8.98. The van der Waals surface area contributed by atoms with E-state index in [0.29, 0.717) is 58.2 Å². The number of hydrogen-bond acceptors (Lipinski definition) is 9. The molecule has 4 atom stereocenters. The summed E-state index contributed by atoms with van der Waals surface area (Å²) in [5.74, 6) is -2.73. The van der Waals surface area contributed by atoms with Crippen molar-refractivity contribution >= 4 is 39.4 Å². The van der Waals surface area contributed by atoms with E-state index in [4.69, 9.17) is 17.2 Å². The predicted octanol–water partition coefficient (Wildman–Crippen LogP) is -0.427. The van der Waals surface area contributed by atoms with Gasteiger partial charge in [0.25, 0.3) is 0 Å². The highest BCUT2D eigenvalue weighted by atomic mass is 32.2. The molecule has 0 saturated carbocycles. The minimum absolute atomic E-state index is 0.0316. The molecule has 14 nitrogen and oxygen atoms in total. The number of hydrogen-bond donors (Lipinski definition) is 6. The Morgan fingerprint density at radius 1 is 0.911 bits per heavy atom. The molecule has 1 saturated heterocycles. The van der Waals surface area contributed by atoms with Gasteiger partial charge >= 0.3 is 0 Å². The summed E-state index contributed by atoms with van der Waals surface area (Å²) in [6.07, 6.45) is 4.55. The Morgan fingerprint density at radius 2 is 1.49 bits per heavy atom. The van der Waals surface area contributed by atoms with Gasteiger partial charge in [0.15, 0.2) is 9.84 Å². The fraction of sp³-hybridized carbons (Fsp3) is 0.567. The Balaban J connectivity index is 2.23. The molecule has 1 aromatic rings. The van der Waals surface area contributed by atoms with Crippen molar-refractivity contribution < 1.29 is 32.4 Å². The highest BCUT2D eigenvalue weighted by molar-refractivity contribution is 7.94. The van der Waals surface area contributed by atoms with Crippen molar-refractivity contribution in [1.29, 1.82) is 0 Å². The van der Waals surface area contributed by atoms with Crippen LogP contribution in [0.25, 0.3) is 0 Å². The summed E-state index contributed by atoms with van der Waals surface area (Å²) in [5.41, 5.74) is 16.6. The first kappa shape index (κ1) is 37.4. The smallest absolute Gasteiger partial charge is 0.243 e. The summed E-state index contributed by atoms with van der Waals surface area (Å²) < 4.78 is 25.5. The quantitative estimate of drug-likeness (QED) is 0.107.